The van der Waals surface area contributed by atoms with E-state index in [0.717, 1.165) is 0 Å². The zero-order valence-corrected chi connectivity index (χ0v) is 20.0. The van der Waals surface area contributed by atoms with Crippen molar-refractivity contribution in [1.82, 2.24) is 25.4 Å². The molecule has 3 aliphatic heterocycles. The van der Waals surface area contributed by atoms with Gasteiger partial charge in [0.15, 0.2) is 10.8 Å². The van der Waals surface area contributed by atoms with E-state index in [2.05, 4.69) is 15.6 Å². The maximum Gasteiger partial charge on any atom is 0.338 e. The molecule has 0 bridgehead atoms. The summed E-state index contributed by atoms with van der Waals surface area (Å²) in [6, 6.07) is 2.05. The van der Waals surface area contributed by atoms with Gasteiger partial charge in [-0.3, -0.25) is 20.0 Å². The normalized spacial score (nSPS) is 22.5. The summed E-state index contributed by atoms with van der Waals surface area (Å²) in [6.07, 6.45) is 1.64. The summed E-state index contributed by atoms with van der Waals surface area (Å²) in [5.74, 6) is -1.05. The number of methoxy groups -OCH3 is 1. The van der Waals surface area contributed by atoms with E-state index >= 15 is 0 Å². The molecule has 0 saturated carbocycles. The van der Waals surface area contributed by atoms with Crippen molar-refractivity contribution >= 4 is 46.7 Å². The molecule has 35 heavy (non-hydrogen) atoms. The second-order valence-electron chi connectivity index (χ2n) is 8.13. The maximum absolute atomic E-state index is 13.8. The molecular formula is C22H20ClFN6O4S. The van der Waals surface area contributed by atoms with Crippen molar-refractivity contribution < 1.29 is 23.5 Å². The number of ether oxygens (including phenoxy) is 1. The third kappa shape index (κ3) is 4.40. The van der Waals surface area contributed by atoms with Gasteiger partial charge in [0.2, 0.25) is 0 Å². The van der Waals surface area contributed by atoms with Crippen LogP contribution in [-0.4, -0.2) is 77.9 Å². The fourth-order valence-electron chi connectivity index (χ4n) is 4.40. The van der Waals surface area contributed by atoms with Crippen molar-refractivity contribution in [3.05, 3.63) is 62.5 Å². The van der Waals surface area contributed by atoms with E-state index in [0.29, 0.717) is 41.7 Å². The Morgan fingerprint density at radius 2 is 2.14 bits per heavy atom. The van der Waals surface area contributed by atoms with Crippen molar-refractivity contribution in [3.8, 4) is 0 Å². The number of urea groups is 1. The third-order valence-electron chi connectivity index (χ3n) is 6.06. The first kappa shape index (κ1) is 23.4. The number of nitrogens with zero attached hydrogens (tertiary/aromatic N) is 4. The molecule has 2 atom stereocenters. The lowest BCUT2D eigenvalue weighted by Gasteiger charge is -2.37. The number of nitrogens with one attached hydrogen (secondary N) is 2. The highest BCUT2D eigenvalue weighted by atomic mass is 35.5. The third-order valence-corrected chi connectivity index (χ3v) is 7.17. The molecule has 0 spiro atoms. The summed E-state index contributed by atoms with van der Waals surface area (Å²) in [5, 5.41) is 8.06. The number of fused-ring (bicyclic) bond motifs is 1. The lowest BCUT2D eigenvalue weighted by Crippen LogP contribution is -2.54. The number of amidine groups is 1. The molecule has 2 aromatic rings. The van der Waals surface area contributed by atoms with Gasteiger partial charge in [-0.15, -0.1) is 11.3 Å². The standard InChI is InChI=1S/C22H20ClFN6O4S/c1-34-21(32)16-14(9-29-5-6-30-15(10-29)19(31)28-22(30)33)26-18(20-25-4-7-35-20)27-17(16)12-3-2-11(24)8-13(12)23/h2-4,7-8,15,17H,5-6,9-10H2,1H3,(H,26,27)(H,28,31,33)/t15-,17+/m1/s1. The smallest absolute Gasteiger partial charge is 0.338 e. The number of aliphatic imine (C=N–C) groups is 1. The summed E-state index contributed by atoms with van der Waals surface area (Å²) < 4.78 is 18.9. The van der Waals surface area contributed by atoms with Gasteiger partial charge in [-0.05, 0) is 12.1 Å². The Morgan fingerprint density at radius 3 is 2.86 bits per heavy atom. The summed E-state index contributed by atoms with van der Waals surface area (Å²) >= 11 is 7.73. The minimum Gasteiger partial charge on any atom is -0.466 e. The van der Waals surface area contributed by atoms with Crippen molar-refractivity contribution in [2.24, 2.45) is 4.99 Å². The highest BCUT2D eigenvalue weighted by Crippen LogP contribution is 2.37. The zero-order chi connectivity index (χ0) is 24.7. The van der Waals surface area contributed by atoms with Crippen LogP contribution in [0.3, 0.4) is 0 Å². The first-order chi connectivity index (χ1) is 16.9. The number of halogens is 2. The van der Waals surface area contributed by atoms with Crippen LogP contribution >= 0.6 is 22.9 Å². The molecule has 1 aromatic carbocycles. The number of hydrogen-bond donors (Lipinski definition) is 2. The van der Waals surface area contributed by atoms with E-state index in [-0.39, 0.29) is 23.0 Å². The molecule has 182 valence electrons. The van der Waals surface area contributed by atoms with Crippen LogP contribution in [0, 0.1) is 5.82 Å². The van der Waals surface area contributed by atoms with Gasteiger partial charge in [0, 0.05) is 54.0 Å². The molecule has 10 nitrogen and oxygen atoms in total. The fraction of sp³-hybridized carbons (Fsp3) is 0.318. The van der Waals surface area contributed by atoms with Gasteiger partial charge in [0.25, 0.3) is 5.91 Å². The summed E-state index contributed by atoms with van der Waals surface area (Å²) in [4.78, 5) is 49.7. The number of benzene rings is 1. The second-order valence-corrected chi connectivity index (χ2v) is 9.43. The van der Waals surface area contributed by atoms with Crippen molar-refractivity contribution in [1.29, 1.82) is 0 Å². The average Bonchev–Trinajstić information content (AvgIpc) is 3.47. The molecule has 0 aliphatic carbocycles. The SMILES string of the molecule is COC(=O)C1=C(CN2CCN3C(=O)NC(=O)[C@H]3C2)NC(c2nccs2)=N[C@H]1c1ccc(F)cc1Cl. The van der Waals surface area contributed by atoms with Gasteiger partial charge in [-0.25, -0.2) is 19.0 Å². The van der Waals surface area contributed by atoms with Crippen molar-refractivity contribution in [2.45, 2.75) is 12.1 Å². The van der Waals surface area contributed by atoms with E-state index in [9.17, 15) is 18.8 Å². The van der Waals surface area contributed by atoms with Gasteiger partial charge >= 0.3 is 12.0 Å². The van der Waals surface area contributed by atoms with E-state index in [1.165, 1.54) is 41.5 Å². The van der Waals surface area contributed by atoms with Crippen LogP contribution in [0.15, 0.2) is 46.0 Å². The van der Waals surface area contributed by atoms with E-state index in [1.54, 1.807) is 11.6 Å². The highest BCUT2D eigenvalue weighted by Gasteiger charge is 2.43. The predicted octanol–water partition coefficient (Wildman–Crippen LogP) is 1.69. The number of esters is 1. The van der Waals surface area contributed by atoms with E-state index < -0.39 is 29.9 Å². The van der Waals surface area contributed by atoms with E-state index in [1.807, 2.05) is 4.90 Å². The van der Waals surface area contributed by atoms with Gasteiger partial charge in [-0.1, -0.05) is 17.7 Å². The molecule has 4 heterocycles. The molecule has 1 aromatic heterocycles. The fourth-order valence-corrected chi connectivity index (χ4v) is 5.26. The minimum absolute atomic E-state index is 0.120. The number of aromatic nitrogens is 1. The van der Waals surface area contributed by atoms with Crippen molar-refractivity contribution in [2.75, 3.05) is 33.3 Å². The quantitative estimate of drug-likeness (QED) is 0.457. The minimum atomic E-state index is -0.872. The summed E-state index contributed by atoms with van der Waals surface area (Å²) in [5.41, 5.74) is 1.16. The number of hydrogen-bond acceptors (Lipinski definition) is 9. The largest absolute Gasteiger partial charge is 0.466 e. The second kappa shape index (κ2) is 9.36. The van der Waals surface area contributed by atoms with Crippen LogP contribution in [0.4, 0.5) is 9.18 Å². The lowest BCUT2D eigenvalue weighted by molar-refractivity contribution is -0.136. The zero-order valence-electron chi connectivity index (χ0n) is 18.5. The average molecular weight is 519 g/mol. The topological polar surface area (TPSA) is 116 Å². The van der Waals surface area contributed by atoms with Crippen LogP contribution in [0.1, 0.15) is 16.6 Å². The Morgan fingerprint density at radius 1 is 1.31 bits per heavy atom. The highest BCUT2D eigenvalue weighted by molar-refractivity contribution is 7.11. The van der Waals surface area contributed by atoms with Crippen LogP contribution < -0.4 is 10.6 Å². The first-order valence-electron chi connectivity index (χ1n) is 10.7. The van der Waals surface area contributed by atoms with Gasteiger partial charge < -0.3 is 15.0 Å². The number of piperazine rings is 1. The van der Waals surface area contributed by atoms with Crippen LogP contribution in [0.2, 0.25) is 5.02 Å². The monoisotopic (exact) mass is 518 g/mol. The summed E-state index contributed by atoms with van der Waals surface area (Å²) in [6.45, 7) is 1.39. The number of rotatable bonds is 5. The molecule has 0 radical (unpaired) electrons. The van der Waals surface area contributed by atoms with Crippen LogP contribution in [-0.2, 0) is 14.3 Å². The number of carbonyl (C=O) groups excluding carboxylic acids is 3. The molecule has 2 N–H and O–H groups in total. The Labute approximate surface area is 208 Å². The maximum atomic E-state index is 13.8. The Bertz CT molecular complexity index is 1270. The molecule has 13 heteroatoms. The number of thiazole rings is 1. The molecule has 2 saturated heterocycles. The summed E-state index contributed by atoms with van der Waals surface area (Å²) in [7, 11) is 1.27. The first-order valence-corrected chi connectivity index (χ1v) is 12.0. The van der Waals surface area contributed by atoms with Gasteiger partial charge in [0.1, 0.15) is 17.9 Å². The molecular weight excluding hydrogens is 499 g/mol. The number of amides is 3. The van der Waals surface area contributed by atoms with E-state index in [4.69, 9.17) is 21.3 Å². The number of carbonyl (C=O) groups is 3. The van der Waals surface area contributed by atoms with Crippen LogP contribution in [0.5, 0.6) is 0 Å². The number of imide groups is 1. The molecule has 2 fully saturated rings. The molecule has 5 rings (SSSR count). The molecule has 3 aliphatic rings. The van der Waals surface area contributed by atoms with Crippen molar-refractivity contribution in [3.63, 3.8) is 0 Å². The Balaban J connectivity index is 1.54. The lowest BCUT2D eigenvalue weighted by atomic mass is 9.95. The molecule has 3 amide bonds. The Hall–Kier alpha value is -3.35. The Kier molecular flexibility index (Phi) is 6.26. The van der Waals surface area contributed by atoms with Crippen LogP contribution in [0.25, 0.3) is 0 Å². The van der Waals surface area contributed by atoms with Gasteiger partial charge in [-0.2, -0.15) is 0 Å². The molecule has 0 unspecified atom stereocenters. The predicted molar refractivity (Wildman–Crippen MR) is 125 cm³/mol. The van der Waals surface area contributed by atoms with Gasteiger partial charge in [0.05, 0.1) is 12.7 Å².